The van der Waals surface area contributed by atoms with Crippen LogP contribution in [0.1, 0.15) is 15.9 Å². The maximum atomic E-state index is 12.3. The lowest BCUT2D eigenvalue weighted by atomic mass is 10.2. The van der Waals surface area contributed by atoms with Crippen LogP contribution in [-0.2, 0) is 26.9 Å². The standard InChI is InChI=1S/C20H24N2O4S/c1-21(2)16-11-9-15(10-12-16)13-22(3)19(23)14-26-20(24)17-7-5-6-8-18(17)27(4)25/h5-12H,13-14H2,1-4H3/t27-/m1/s1. The summed E-state index contributed by atoms with van der Waals surface area (Å²) < 4.78 is 16.8. The second-order valence-corrected chi connectivity index (χ2v) is 7.69. The Kier molecular flexibility index (Phi) is 7.12. The van der Waals surface area contributed by atoms with E-state index in [0.29, 0.717) is 11.4 Å². The number of hydrogen-bond acceptors (Lipinski definition) is 5. The molecule has 0 aromatic heterocycles. The van der Waals surface area contributed by atoms with E-state index in [9.17, 15) is 13.8 Å². The van der Waals surface area contributed by atoms with Crippen molar-refractivity contribution < 1.29 is 18.5 Å². The second kappa shape index (κ2) is 9.32. The zero-order chi connectivity index (χ0) is 20.0. The van der Waals surface area contributed by atoms with Crippen LogP contribution in [0, 0.1) is 0 Å². The van der Waals surface area contributed by atoms with Crippen LogP contribution in [0.2, 0.25) is 0 Å². The first-order valence-corrected chi connectivity index (χ1v) is 9.95. The second-order valence-electron chi connectivity index (χ2n) is 6.34. The molecule has 0 radical (unpaired) electrons. The van der Waals surface area contributed by atoms with E-state index in [0.717, 1.165) is 11.3 Å². The monoisotopic (exact) mass is 388 g/mol. The molecule has 0 spiro atoms. The summed E-state index contributed by atoms with van der Waals surface area (Å²) in [6.07, 6.45) is 1.49. The molecule has 0 unspecified atom stereocenters. The zero-order valence-electron chi connectivity index (χ0n) is 16.0. The van der Waals surface area contributed by atoms with E-state index < -0.39 is 16.8 Å². The van der Waals surface area contributed by atoms with Gasteiger partial charge in [0.25, 0.3) is 5.91 Å². The van der Waals surface area contributed by atoms with Gasteiger partial charge in [-0.05, 0) is 29.8 Å². The Balaban J connectivity index is 1.93. The topological polar surface area (TPSA) is 66.9 Å². The van der Waals surface area contributed by atoms with Crippen molar-refractivity contribution in [3.05, 3.63) is 59.7 Å². The number of anilines is 1. The first-order chi connectivity index (χ1) is 12.8. The molecule has 2 rings (SSSR count). The minimum Gasteiger partial charge on any atom is -0.452 e. The number of carbonyl (C=O) groups excluding carboxylic acids is 2. The molecule has 0 aliphatic rings. The molecule has 7 heteroatoms. The number of carbonyl (C=O) groups is 2. The quantitative estimate of drug-likeness (QED) is 0.681. The number of likely N-dealkylation sites (N-methyl/N-ethyl adjacent to an activating group) is 1. The largest absolute Gasteiger partial charge is 0.452 e. The Morgan fingerprint density at radius 1 is 1.00 bits per heavy atom. The summed E-state index contributed by atoms with van der Waals surface area (Å²) in [5.41, 5.74) is 2.27. The highest BCUT2D eigenvalue weighted by molar-refractivity contribution is 7.84. The third kappa shape index (κ3) is 5.65. The molecule has 6 nitrogen and oxygen atoms in total. The highest BCUT2D eigenvalue weighted by Gasteiger charge is 2.17. The first-order valence-electron chi connectivity index (χ1n) is 8.39. The third-order valence-electron chi connectivity index (χ3n) is 4.04. The predicted molar refractivity (Wildman–Crippen MR) is 106 cm³/mol. The number of esters is 1. The lowest BCUT2D eigenvalue weighted by molar-refractivity contribution is -0.133. The molecule has 27 heavy (non-hydrogen) atoms. The number of amides is 1. The van der Waals surface area contributed by atoms with Gasteiger partial charge in [-0.15, -0.1) is 0 Å². The highest BCUT2D eigenvalue weighted by Crippen LogP contribution is 2.15. The Hall–Kier alpha value is -2.67. The van der Waals surface area contributed by atoms with Gasteiger partial charge in [-0.25, -0.2) is 4.79 Å². The number of hydrogen-bond donors (Lipinski definition) is 0. The molecule has 0 heterocycles. The van der Waals surface area contributed by atoms with Gasteiger partial charge in [-0.3, -0.25) is 9.00 Å². The van der Waals surface area contributed by atoms with Gasteiger partial charge in [0.05, 0.1) is 21.3 Å². The summed E-state index contributed by atoms with van der Waals surface area (Å²) in [5.74, 6) is -0.965. The number of rotatable bonds is 7. The lowest BCUT2D eigenvalue weighted by Gasteiger charge is -2.18. The van der Waals surface area contributed by atoms with Crippen molar-refractivity contribution in [2.24, 2.45) is 0 Å². The van der Waals surface area contributed by atoms with Crippen molar-refractivity contribution in [1.82, 2.24) is 4.90 Å². The molecule has 0 saturated carbocycles. The summed E-state index contributed by atoms with van der Waals surface area (Å²) in [5, 5.41) is 0. The summed E-state index contributed by atoms with van der Waals surface area (Å²) in [7, 11) is 4.27. The van der Waals surface area contributed by atoms with Crippen molar-refractivity contribution >= 4 is 28.4 Å². The van der Waals surface area contributed by atoms with Crippen LogP contribution in [0.4, 0.5) is 5.69 Å². The predicted octanol–water partition coefficient (Wildman–Crippen LogP) is 2.31. The normalized spacial score (nSPS) is 11.6. The third-order valence-corrected chi connectivity index (χ3v) is 5.02. The van der Waals surface area contributed by atoms with Crippen LogP contribution < -0.4 is 4.90 Å². The van der Waals surface area contributed by atoms with Gasteiger partial charge < -0.3 is 14.5 Å². The van der Waals surface area contributed by atoms with Gasteiger partial charge in [0.15, 0.2) is 6.61 Å². The fraction of sp³-hybridized carbons (Fsp3) is 0.300. The Morgan fingerprint density at radius 2 is 1.63 bits per heavy atom. The van der Waals surface area contributed by atoms with Gasteiger partial charge >= 0.3 is 5.97 Å². The van der Waals surface area contributed by atoms with E-state index in [1.807, 2.05) is 43.3 Å². The maximum absolute atomic E-state index is 12.3. The highest BCUT2D eigenvalue weighted by atomic mass is 32.2. The number of benzene rings is 2. The van der Waals surface area contributed by atoms with E-state index in [1.54, 1.807) is 31.3 Å². The molecule has 144 valence electrons. The molecule has 0 aliphatic heterocycles. The van der Waals surface area contributed by atoms with Crippen molar-refractivity contribution in [2.75, 3.05) is 38.9 Å². The minimum atomic E-state index is -1.32. The number of nitrogens with zero attached hydrogens (tertiary/aromatic N) is 2. The van der Waals surface area contributed by atoms with Crippen molar-refractivity contribution in [1.29, 1.82) is 0 Å². The zero-order valence-corrected chi connectivity index (χ0v) is 16.8. The Labute approximate surface area is 162 Å². The van der Waals surface area contributed by atoms with Crippen LogP contribution in [0.25, 0.3) is 0 Å². The summed E-state index contributed by atoms with van der Waals surface area (Å²) >= 11 is 0. The molecule has 0 bridgehead atoms. The van der Waals surface area contributed by atoms with Gasteiger partial charge in [0.2, 0.25) is 0 Å². The van der Waals surface area contributed by atoms with E-state index >= 15 is 0 Å². The Bertz CT molecular complexity index is 834. The number of ether oxygens (including phenoxy) is 1. The van der Waals surface area contributed by atoms with Crippen molar-refractivity contribution in [3.8, 4) is 0 Å². The smallest absolute Gasteiger partial charge is 0.339 e. The van der Waals surface area contributed by atoms with E-state index in [1.165, 1.54) is 11.2 Å². The summed E-state index contributed by atoms with van der Waals surface area (Å²) in [6, 6.07) is 14.4. The van der Waals surface area contributed by atoms with Crippen molar-refractivity contribution in [3.63, 3.8) is 0 Å². The first kappa shape index (κ1) is 20.6. The van der Waals surface area contributed by atoms with E-state index in [2.05, 4.69) is 0 Å². The van der Waals surface area contributed by atoms with Gasteiger partial charge in [-0.1, -0.05) is 24.3 Å². The molecule has 0 N–H and O–H groups in total. The van der Waals surface area contributed by atoms with Gasteiger partial charge in [-0.2, -0.15) is 0 Å². The van der Waals surface area contributed by atoms with E-state index in [-0.39, 0.29) is 18.1 Å². The Morgan fingerprint density at radius 3 is 2.22 bits per heavy atom. The fourth-order valence-corrected chi connectivity index (χ4v) is 3.19. The lowest BCUT2D eigenvalue weighted by Crippen LogP contribution is -2.31. The SMILES string of the molecule is CN(Cc1ccc(N(C)C)cc1)C(=O)COC(=O)c1ccccc1[S@@](C)=O. The maximum Gasteiger partial charge on any atom is 0.339 e. The van der Waals surface area contributed by atoms with Crippen LogP contribution in [-0.4, -0.2) is 55.0 Å². The van der Waals surface area contributed by atoms with Crippen LogP contribution in [0.5, 0.6) is 0 Å². The molecule has 1 amide bonds. The summed E-state index contributed by atoms with van der Waals surface area (Å²) in [6.45, 7) is 0.0510. The van der Waals surface area contributed by atoms with Crippen LogP contribution in [0.15, 0.2) is 53.4 Å². The average Bonchev–Trinajstić information content (AvgIpc) is 2.66. The molecule has 2 aromatic carbocycles. The molecule has 0 fully saturated rings. The minimum absolute atomic E-state index is 0.216. The van der Waals surface area contributed by atoms with E-state index in [4.69, 9.17) is 4.74 Å². The van der Waals surface area contributed by atoms with Gasteiger partial charge in [0.1, 0.15) is 0 Å². The van der Waals surface area contributed by atoms with Crippen molar-refractivity contribution in [2.45, 2.75) is 11.4 Å². The molecule has 0 saturated heterocycles. The fourth-order valence-electron chi connectivity index (χ4n) is 2.46. The average molecular weight is 388 g/mol. The summed E-state index contributed by atoms with van der Waals surface area (Å²) in [4.78, 5) is 28.4. The molecular weight excluding hydrogens is 364 g/mol. The van der Waals surface area contributed by atoms with Crippen LogP contribution >= 0.6 is 0 Å². The van der Waals surface area contributed by atoms with Gasteiger partial charge in [0, 0.05) is 39.6 Å². The molecular formula is C20H24N2O4S. The molecule has 2 aromatic rings. The molecule has 0 aliphatic carbocycles. The van der Waals surface area contributed by atoms with Crippen LogP contribution in [0.3, 0.4) is 0 Å². The molecule has 1 atom stereocenters.